The number of fused-ring (bicyclic) bond motifs is 1. The minimum absolute atomic E-state index is 0.0128. The molecule has 0 radical (unpaired) electrons. The third kappa shape index (κ3) is 2.83. The maximum atomic E-state index is 9.55. The van der Waals surface area contributed by atoms with E-state index in [1.807, 2.05) is 13.8 Å². The highest BCUT2D eigenvalue weighted by Gasteiger charge is 2.53. The minimum atomic E-state index is -0.685. The molecular weight excluding hydrogens is 331 g/mol. The van der Waals surface area contributed by atoms with E-state index in [1.165, 1.54) is 0 Å². The molecule has 1 saturated heterocycles. The van der Waals surface area contributed by atoms with Crippen LogP contribution in [-0.4, -0.2) is 45.7 Å². The summed E-state index contributed by atoms with van der Waals surface area (Å²) < 4.78 is 11.8. The average Bonchev–Trinajstić information content (AvgIpc) is 2.89. The van der Waals surface area contributed by atoms with Gasteiger partial charge in [0.25, 0.3) is 0 Å². The maximum Gasteiger partial charge on any atom is 0.225 e. The molecule has 9 heteroatoms. The fourth-order valence-electron chi connectivity index (χ4n) is 3.11. The van der Waals surface area contributed by atoms with Crippen LogP contribution in [0.3, 0.4) is 0 Å². The summed E-state index contributed by atoms with van der Waals surface area (Å²) in [4.78, 5) is 7.86. The molecule has 122 valence electrons. The van der Waals surface area contributed by atoms with Crippen LogP contribution in [0.15, 0.2) is 0 Å². The van der Waals surface area contributed by atoms with E-state index in [4.69, 9.17) is 38.4 Å². The van der Waals surface area contributed by atoms with Crippen molar-refractivity contribution in [1.29, 1.82) is 0 Å². The quantitative estimate of drug-likeness (QED) is 0.564. The number of aliphatic hydroxyl groups excluding tert-OH is 1. The topological polar surface area (TPSA) is 103 Å². The third-order valence-corrected chi connectivity index (χ3v) is 4.47. The first-order chi connectivity index (χ1) is 10.3. The second-order valence-electron chi connectivity index (χ2n) is 6.04. The van der Waals surface area contributed by atoms with Gasteiger partial charge in [-0.15, -0.1) is 0 Å². The summed E-state index contributed by atoms with van der Waals surface area (Å²) in [5.41, 5.74) is 6.12. The first-order valence-electron chi connectivity index (χ1n) is 7.02. The van der Waals surface area contributed by atoms with Gasteiger partial charge in [-0.25, -0.2) is 4.98 Å². The van der Waals surface area contributed by atoms with Crippen LogP contribution >= 0.6 is 23.2 Å². The minimum Gasteiger partial charge on any atom is -0.396 e. The molecule has 2 fully saturated rings. The molecule has 4 N–H and O–H groups in total. The Hall–Kier alpha value is -0.860. The number of aromatic nitrogens is 2. The van der Waals surface area contributed by atoms with Gasteiger partial charge in [0.15, 0.2) is 16.8 Å². The van der Waals surface area contributed by atoms with Crippen LogP contribution in [0.1, 0.15) is 20.3 Å². The van der Waals surface area contributed by atoms with Gasteiger partial charge in [-0.1, -0.05) is 11.6 Å². The Balaban J connectivity index is 1.84. The van der Waals surface area contributed by atoms with E-state index in [0.29, 0.717) is 12.2 Å². The van der Waals surface area contributed by atoms with Gasteiger partial charge in [-0.3, -0.25) is 0 Å². The summed E-state index contributed by atoms with van der Waals surface area (Å²) >= 11 is 11.7. The van der Waals surface area contributed by atoms with Crippen molar-refractivity contribution in [1.82, 2.24) is 9.97 Å². The van der Waals surface area contributed by atoms with E-state index in [9.17, 15) is 5.11 Å². The standard InChI is InChI=1S/C13H18Cl2N4O3/c1-13(2)21-8-5(4-20)3-6(9(8)22-13)17-11-7(16)10(14)18-12(15)19-11/h5-6,8-9,20H,3-4,16H2,1-2H3,(H,17,18,19). The van der Waals surface area contributed by atoms with E-state index >= 15 is 0 Å². The third-order valence-electron chi connectivity index (χ3n) is 4.01. The molecule has 0 bridgehead atoms. The number of nitrogens with two attached hydrogens (primary N) is 1. The largest absolute Gasteiger partial charge is 0.396 e. The number of rotatable bonds is 3. The first-order valence-corrected chi connectivity index (χ1v) is 7.78. The lowest BCUT2D eigenvalue weighted by atomic mass is 10.1. The van der Waals surface area contributed by atoms with Crippen molar-refractivity contribution in [2.24, 2.45) is 5.92 Å². The second kappa shape index (κ2) is 5.65. The normalized spacial score (nSPS) is 33.0. The Morgan fingerprint density at radius 3 is 2.68 bits per heavy atom. The number of nitrogens with one attached hydrogen (secondary N) is 1. The highest BCUT2D eigenvalue weighted by atomic mass is 35.5. The van der Waals surface area contributed by atoms with Crippen LogP contribution in [0, 0.1) is 5.92 Å². The molecule has 1 aliphatic carbocycles. The molecule has 4 atom stereocenters. The summed E-state index contributed by atoms with van der Waals surface area (Å²) in [6.45, 7) is 3.73. The molecule has 2 heterocycles. The average molecular weight is 349 g/mol. The van der Waals surface area contributed by atoms with Crippen LogP contribution in [0.25, 0.3) is 0 Å². The second-order valence-corrected chi connectivity index (χ2v) is 6.74. The highest BCUT2D eigenvalue weighted by Crippen LogP contribution is 2.43. The van der Waals surface area contributed by atoms with Crippen LogP contribution in [0.2, 0.25) is 10.4 Å². The zero-order valence-corrected chi connectivity index (χ0v) is 13.7. The van der Waals surface area contributed by atoms with Gasteiger partial charge in [0.1, 0.15) is 11.8 Å². The Bertz CT molecular complexity index is 587. The summed E-state index contributed by atoms with van der Waals surface area (Å²) in [5.74, 6) is -0.339. The van der Waals surface area contributed by atoms with E-state index in [2.05, 4.69) is 15.3 Å². The molecular formula is C13H18Cl2N4O3. The zero-order chi connectivity index (χ0) is 16.1. The molecule has 7 nitrogen and oxygen atoms in total. The monoisotopic (exact) mass is 348 g/mol. The van der Waals surface area contributed by atoms with Crippen LogP contribution < -0.4 is 11.1 Å². The van der Waals surface area contributed by atoms with Crippen LogP contribution in [-0.2, 0) is 9.47 Å². The lowest BCUT2D eigenvalue weighted by Gasteiger charge is -2.24. The fourth-order valence-corrected chi connectivity index (χ4v) is 3.49. The van der Waals surface area contributed by atoms with Gasteiger partial charge in [0.2, 0.25) is 5.28 Å². The highest BCUT2D eigenvalue weighted by molar-refractivity contribution is 6.34. The predicted molar refractivity (Wildman–Crippen MR) is 82.9 cm³/mol. The van der Waals surface area contributed by atoms with Crippen LogP contribution in [0.4, 0.5) is 11.5 Å². The van der Waals surface area contributed by atoms with Gasteiger partial charge in [-0.05, 0) is 31.9 Å². The van der Waals surface area contributed by atoms with Crippen LogP contribution in [0.5, 0.6) is 0 Å². The number of nitrogens with zero attached hydrogens (tertiary/aromatic N) is 2. The van der Waals surface area contributed by atoms with Crippen molar-refractivity contribution in [2.45, 2.75) is 44.3 Å². The van der Waals surface area contributed by atoms with Gasteiger partial charge >= 0.3 is 0 Å². The van der Waals surface area contributed by atoms with Crippen molar-refractivity contribution in [2.75, 3.05) is 17.7 Å². The van der Waals surface area contributed by atoms with Crippen molar-refractivity contribution in [3.63, 3.8) is 0 Å². The summed E-state index contributed by atoms with van der Waals surface area (Å²) in [7, 11) is 0. The molecule has 0 spiro atoms. The Morgan fingerprint density at radius 2 is 2.00 bits per heavy atom. The van der Waals surface area contributed by atoms with Gasteiger partial charge < -0.3 is 25.6 Å². The molecule has 2 aliphatic rings. The first kappa shape index (κ1) is 16.0. The molecule has 0 amide bonds. The number of hydrogen-bond acceptors (Lipinski definition) is 7. The van der Waals surface area contributed by atoms with E-state index in [-0.39, 0.29) is 46.9 Å². The number of hydrogen-bond donors (Lipinski definition) is 3. The van der Waals surface area contributed by atoms with Crippen molar-refractivity contribution < 1.29 is 14.6 Å². The molecule has 22 heavy (non-hydrogen) atoms. The van der Waals surface area contributed by atoms with Crippen molar-refractivity contribution in [3.05, 3.63) is 10.4 Å². The van der Waals surface area contributed by atoms with Gasteiger partial charge in [-0.2, -0.15) is 4.98 Å². The lowest BCUT2D eigenvalue weighted by Crippen LogP contribution is -2.35. The molecule has 3 rings (SSSR count). The van der Waals surface area contributed by atoms with Gasteiger partial charge in [0, 0.05) is 12.5 Å². The summed E-state index contributed by atoms with van der Waals surface area (Å²) in [6.07, 6.45) is 0.284. The smallest absolute Gasteiger partial charge is 0.225 e. The van der Waals surface area contributed by atoms with Crippen molar-refractivity contribution in [3.8, 4) is 0 Å². The van der Waals surface area contributed by atoms with E-state index in [1.54, 1.807) is 0 Å². The maximum absolute atomic E-state index is 9.55. The number of ether oxygens (including phenoxy) is 2. The Labute approximate surface area is 138 Å². The predicted octanol–water partition coefficient (Wildman–Crippen LogP) is 1.68. The molecule has 0 aromatic carbocycles. The fraction of sp³-hybridized carbons (Fsp3) is 0.692. The molecule has 1 aromatic heterocycles. The Kier molecular flexibility index (Phi) is 4.11. The molecule has 1 saturated carbocycles. The number of nitrogen functional groups attached to an aromatic ring is 1. The number of aliphatic hydroxyl groups is 1. The number of halogens is 2. The van der Waals surface area contributed by atoms with Gasteiger partial charge in [0.05, 0.1) is 12.1 Å². The Morgan fingerprint density at radius 1 is 1.32 bits per heavy atom. The number of anilines is 2. The lowest BCUT2D eigenvalue weighted by molar-refractivity contribution is -0.158. The molecule has 1 aliphatic heterocycles. The molecule has 4 unspecified atom stereocenters. The molecule has 1 aromatic rings. The van der Waals surface area contributed by atoms with E-state index < -0.39 is 5.79 Å². The summed E-state index contributed by atoms with van der Waals surface area (Å²) in [5, 5.41) is 12.9. The van der Waals surface area contributed by atoms with E-state index in [0.717, 1.165) is 0 Å². The van der Waals surface area contributed by atoms with Crippen molar-refractivity contribution >= 4 is 34.7 Å². The summed E-state index contributed by atoms with van der Waals surface area (Å²) in [6, 6.07) is -0.117. The zero-order valence-electron chi connectivity index (χ0n) is 12.2. The SMILES string of the molecule is CC1(C)OC2C(CO)CC(Nc3nc(Cl)nc(Cl)c3N)C2O1.